The first-order chi connectivity index (χ1) is 9.92. The van der Waals surface area contributed by atoms with Crippen LogP contribution < -0.4 is 10.6 Å². The van der Waals surface area contributed by atoms with E-state index in [1.807, 2.05) is 39.8 Å². The number of hydrogen-bond acceptors (Lipinski definition) is 2. The highest BCUT2D eigenvalue weighted by molar-refractivity contribution is 5.94. The van der Waals surface area contributed by atoms with Gasteiger partial charge in [-0.3, -0.25) is 9.59 Å². The molecule has 0 aliphatic carbocycles. The van der Waals surface area contributed by atoms with E-state index in [0.29, 0.717) is 12.1 Å². The van der Waals surface area contributed by atoms with Crippen LogP contribution >= 0.6 is 0 Å². The molecule has 1 atom stereocenters. The van der Waals surface area contributed by atoms with Gasteiger partial charge in [0.2, 0.25) is 5.91 Å². The van der Waals surface area contributed by atoms with Gasteiger partial charge < -0.3 is 10.6 Å². The van der Waals surface area contributed by atoms with Crippen LogP contribution in [0, 0.1) is 0 Å². The van der Waals surface area contributed by atoms with Gasteiger partial charge in [-0.1, -0.05) is 24.6 Å². The topological polar surface area (TPSA) is 58.2 Å². The second-order valence-corrected chi connectivity index (χ2v) is 5.42. The molecular weight excluding hydrogens is 264 g/mol. The maximum atomic E-state index is 11.9. The van der Waals surface area contributed by atoms with Gasteiger partial charge in [0.25, 0.3) is 5.91 Å². The number of benzene rings is 1. The largest absolute Gasteiger partial charge is 0.350 e. The molecule has 0 radical (unpaired) electrons. The van der Waals surface area contributed by atoms with E-state index in [1.165, 1.54) is 0 Å². The number of hydrogen-bond donors (Lipinski definition) is 2. The Labute approximate surface area is 126 Å². The Morgan fingerprint density at radius 2 is 1.81 bits per heavy atom. The molecular formula is C17H24N2O2. The van der Waals surface area contributed by atoms with Crippen molar-refractivity contribution in [3.63, 3.8) is 0 Å². The summed E-state index contributed by atoms with van der Waals surface area (Å²) < 4.78 is 0. The zero-order valence-electron chi connectivity index (χ0n) is 13.2. The fraction of sp³-hybridized carbons (Fsp3) is 0.412. The van der Waals surface area contributed by atoms with Crippen LogP contribution in [-0.4, -0.2) is 17.9 Å². The summed E-state index contributed by atoms with van der Waals surface area (Å²) in [7, 11) is 0. The van der Waals surface area contributed by atoms with Crippen LogP contribution in [0.15, 0.2) is 35.9 Å². The van der Waals surface area contributed by atoms with Crippen molar-refractivity contribution in [3.05, 3.63) is 47.0 Å². The van der Waals surface area contributed by atoms with Crippen LogP contribution in [0.2, 0.25) is 0 Å². The van der Waals surface area contributed by atoms with Crippen molar-refractivity contribution in [3.8, 4) is 0 Å². The molecule has 4 nitrogen and oxygen atoms in total. The summed E-state index contributed by atoms with van der Waals surface area (Å²) in [6.07, 6.45) is 2.47. The Kier molecular flexibility index (Phi) is 6.66. The zero-order chi connectivity index (χ0) is 15.8. The summed E-state index contributed by atoms with van der Waals surface area (Å²) in [5.41, 5.74) is 2.56. The van der Waals surface area contributed by atoms with Crippen molar-refractivity contribution >= 4 is 11.8 Å². The highest BCUT2D eigenvalue weighted by atomic mass is 16.2. The Morgan fingerprint density at radius 3 is 2.33 bits per heavy atom. The van der Waals surface area contributed by atoms with E-state index in [9.17, 15) is 9.59 Å². The predicted molar refractivity (Wildman–Crippen MR) is 84.9 cm³/mol. The maximum Gasteiger partial charge on any atom is 0.251 e. The molecule has 0 saturated carbocycles. The molecule has 0 aliphatic heterocycles. The summed E-state index contributed by atoms with van der Waals surface area (Å²) in [4.78, 5) is 23.4. The molecule has 1 rings (SSSR count). The molecule has 2 N–H and O–H groups in total. The van der Waals surface area contributed by atoms with Crippen LogP contribution in [0.5, 0.6) is 0 Å². The Hall–Kier alpha value is -2.10. The van der Waals surface area contributed by atoms with Gasteiger partial charge in [-0.25, -0.2) is 0 Å². The van der Waals surface area contributed by atoms with Crippen LogP contribution in [0.1, 0.15) is 50.0 Å². The molecule has 1 aromatic rings. The minimum Gasteiger partial charge on any atom is -0.350 e. The van der Waals surface area contributed by atoms with Crippen LogP contribution in [-0.2, 0) is 11.3 Å². The summed E-state index contributed by atoms with van der Waals surface area (Å²) >= 11 is 0. The Balaban J connectivity index is 2.56. The van der Waals surface area contributed by atoms with Crippen molar-refractivity contribution in [2.75, 3.05) is 0 Å². The highest BCUT2D eigenvalue weighted by Crippen LogP contribution is 2.05. The monoisotopic (exact) mass is 288 g/mol. The average molecular weight is 288 g/mol. The first-order valence-electron chi connectivity index (χ1n) is 7.25. The molecule has 0 bridgehead atoms. The molecule has 114 valence electrons. The fourth-order valence-corrected chi connectivity index (χ4v) is 1.69. The molecule has 0 unspecified atom stereocenters. The summed E-state index contributed by atoms with van der Waals surface area (Å²) in [6.45, 7) is 8.22. The van der Waals surface area contributed by atoms with Gasteiger partial charge in [0, 0.05) is 24.2 Å². The minimum atomic E-state index is -0.103. The van der Waals surface area contributed by atoms with E-state index in [1.54, 1.807) is 18.2 Å². The first kappa shape index (κ1) is 17.0. The number of allylic oxidation sites excluding steroid dienone is 1. The zero-order valence-corrected chi connectivity index (χ0v) is 13.2. The van der Waals surface area contributed by atoms with Gasteiger partial charge >= 0.3 is 0 Å². The first-order valence-corrected chi connectivity index (χ1v) is 7.25. The van der Waals surface area contributed by atoms with Gasteiger partial charge in [0.05, 0.1) is 0 Å². The molecule has 21 heavy (non-hydrogen) atoms. The molecule has 4 heteroatoms. The Morgan fingerprint density at radius 1 is 1.19 bits per heavy atom. The lowest BCUT2D eigenvalue weighted by Gasteiger charge is -2.11. The molecule has 0 saturated heterocycles. The molecule has 2 amide bonds. The van der Waals surface area contributed by atoms with Crippen LogP contribution in [0.25, 0.3) is 0 Å². The summed E-state index contributed by atoms with van der Waals surface area (Å²) in [6, 6.07) is 7.43. The van der Waals surface area contributed by atoms with Crippen LogP contribution in [0.4, 0.5) is 0 Å². The SMILES string of the molecule is CC[C@@H](C)NC(=O)c1ccc(CNC(=O)C=C(C)C)cc1. The minimum absolute atomic E-state index is 0.0653. The van der Waals surface area contributed by atoms with Gasteiger partial charge in [-0.05, 0) is 44.9 Å². The molecule has 0 aliphatic rings. The summed E-state index contributed by atoms with van der Waals surface area (Å²) in [5, 5.41) is 5.73. The van der Waals surface area contributed by atoms with E-state index in [2.05, 4.69) is 10.6 Å². The van der Waals surface area contributed by atoms with E-state index in [-0.39, 0.29) is 17.9 Å². The van der Waals surface area contributed by atoms with Crippen molar-refractivity contribution in [2.24, 2.45) is 0 Å². The van der Waals surface area contributed by atoms with Gasteiger partial charge in [-0.15, -0.1) is 0 Å². The second-order valence-electron chi connectivity index (χ2n) is 5.42. The number of rotatable bonds is 6. The lowest BCUT2D eigenvalue weighted by atomic mass is 10.1. The van der Waals surface area contributed by atoms with Crippen molar-refractivity contribution in [1.29, 1.82) is 0 Å². The van der Waals surface area contributed by atoms with Crippen LogP contribution in [0.3, 0.4) is 0 Å². The van der Waals surface area contributed by atoms with Gasteiger partial charge in [-0.2, -0.15) is 0 Å². The third-order valence-electron chi connectivity index (χ3n) is 3.09. The molecule has 0 fully saturated rings. The Bertz CT molecular complexity index is 514. The third-order valence-corrected chi connectivity index (χ3v) is 3.09. The van der Waals surface area contributed by atoms with E-state index >= 15 is 0 Å². The van der Waals surface area contributed by atoms with E-state index in [4.69, 9.17) is 0 Å². The standard InChI is InChI=1S/C17H24N2O2/c1-5-13(4)19-17(21)15-8-6-14(7-9-15)11-18-16(20)10-12(2)3/h6-10,13H,5,11H2,1-4H3,(H,18,20)(H,19,21)/t13-/m1/s1. The smallest absolute Gasteiger partial charge is 0.251 e. The molecule has 1 aromatic carbocycles. The molecule has 0 aromatic heterocycles. The fourth-order valence-electron chi connectivity index (χ4n) is 1.69. The normalized spacial score (nSPS) is 11.4. The molecule has 0 heterocycles. The van der Waals surface area contributed by atoms with E-state index in [0.717, 1.165) is 17.6 Å². The number of nitrogens with one attached hydrogen (secondary N) is 2. The summed E-state index contributed by atoms with van der Waals surface area (Å²) in [5.74, 6) is -0.168. The molecule has 0 spiro atoms. The lowest BCUT2D eigenvalue weighted by Crippen LogP contribution is -2.31. The predicted octanol–water partition coefficient (Wildman–Crippen LogP) is 2.80. The number of amides is 2. The van der Waals surface area contributed by atoms with E-state index < -0.39 is 0 Å². The van der Waals surface area contributed by atoms with Gasteiger partial charge in [0.15, 0.2) is 0 Å². The lowest BCUT2D eigenvalue weighted by molar-refractivity contribution is -0.116. The van der Waals surface area contributed by atoms with Crippen molar-refractivity contribution in [1.82, 2.24) is 10.6 Å². The maximum absolute atomic E-state index is 11.9. The van der Waals surface area contributed by atoms with Gasteiger partial charge in [0.1, 0.15) is 0 Å². The average Bonchev–Trinajstić information content (AvgIpc) is 2.44. The second kappa shape index (κ2) is 8.25. The quantitative estimate of drug-likeness (QED) is 0.791. The number of carbonyl (C=O) groups is 2. The highest BCUT2D eigenvalue weighted by Gasteiger charge is 2.08. The van der Waals surface area contributed by atoms with Crippen molar-refractivity contribution in [2.45, 2.75) is 46.7 Å². The number of carbonyl (C=O) groups excluding carboxylic acids is 2. The van der Waals surface area contributed by atoms with Crippen molar-refractivity contribution < 1.29 is 9.59 Å². The third kappa shape index (κ3) is 6.25.